The van der Waals surface area contributed by atoms with Crippen molar-refractivity contribution in [3.63, 3.8) is 0 Å². The van der Waals surface area contributed by atoms with E-state index in [4.69, 9.17) is 0 Å². The van der Waals surface area contributed by atoms with Crippen LogP contribution in [-0.4, -0.2) is 28.7 Å². The largest absolute Gasteiger partial charge is 0.416 e. The minimum absolute atomic E-state index is 0.0893. The van der Waals surface area contributed by atoms with Gasteiger partial charge in [0.2, 0.25) is 0 Å². The fourth-order valence-electron chi connectivity index (χ4n) is 1.91. The zero-order valence-electron chi connectivity index (χ0n) is 9.38. The van der Waals surface area contributed by atoms with Gasteiger partial charge in [0.15, 0.2) is 0 Å². The third-order valence-electron chi connectivity index (χ3n) is 2.85. The topological polar surface area (TPSA) is 20.3 Å². The highest BCUT2D eigenvalue weighted by Crippen LogP contribution is 2.30. The molecule has 1 atom stereocenters. The van der Waals surface area contributed by atoms with E-state index in [9.17, 15) is 18.0 Å². The molecule has 0 bridgehead atoms. The van der Waals surface area contributed by atoms with Crippen molar-refractivity contribution >= 4 is 21.8 Å². The van der Waals surface area contributed by atoms with Crippen molar-refractivity contribution in [1.29, 1.82) is 0 Å². The summed E-state index contributed by atoms with van der Waals surface area (Å²) in [6.45, 7) is 1.11. The van der Waals surface area contributed by atoms with Gasteiger partial charge >= 0.3 is 6.18 Å². The van der Waals surface area contributed by atoms with Crippen LogP contribution in [0.3, 0.4) is 0 Å². The predicted octanol–water partition coefficient (Wildman–Crippen LogP) is 3.31. The van der Waals surface area contributed by atoms with E-state index in [-0.39, 0.29) is 16.3 Å². The average Bonchev–Trinajstić information content (AvgIpc) is 2.74. The maximum absolute atomic E-state index is 12.5. The number of hydrogen-bond acceptors (Lipinski definition) is 1. The summed E-state index contributed by atoms with van der Waals surface area (Å²) in [7, 11) is 0. The fraction of sp³-hybridized carbons (Fsp3) is 0.417. The summed E-state index contributed by atoms with van der Waals surface area (Å²) < 4.78 is 37.6. The minimum Gasteiger partial charge on any atom is -0.337 e. The van der Waals surface area contributed by atoms with Crippen LogP contribution in [0.1, 0.15) is 22.3 Å². The highest BCUT2D eigenvalue weighted by Gasteiger charge is 2.32. The van der Waals surface area contributed by atoms with E-state index < -0.39 is 11.7 Å². The minimum atomic E-state index is -4.42. The van der Waals surface area contributed by atoms with E-state index >= 15 is 0 Å². The van der Waals surface area contributed by atoms with E-state index in [2.05, 4.69) is 15.9 Å². The van der Waals surface area contributed by atoms with Gasteiger partial charge in [0.1, 0.15) is 0 Å². The van der Waals surface area contributed by atoms with Crippen LogP contribution in [0.15, 0.2) is 24.3 Å². The number of alkyl halides is 4. The summed E-state index contributed by atoms with van der Waals surface area (Å²) in [6.07, 6.45) is -3.59. The Hall–Kier alpha value is -1.04. The van der Waals surface area contributed by atoms with Crippen molar-refractivity contribution in [2.45, 2.75) is 17.4 Å². The first-order valence-corrected chi connectivity index (χ1v) is 6.40. The number of amides is 1. The van der Waals surface area contributed by atoms with Crippen LogP contribution in [0.25, 0.3) is 0 Å². The van der Waals surface area contributed by atoms with Crippen LogP contribution < -0.4 is 0 Å². The van der Waals surface area contributed by atoms with Crippen molar-refractivity contribution in [1.82, 2.24) is 4.90 Å². The van der Waals surface area contributed by atoms with Gasteiger partial charge in [-0.3, -0.25) is 4.79 Å². The van der Waals surface area contributed by atoms with E-state index in [1.807, 2.05) is 0 Å². The van der Waals surface area contributed by atoms with Gasteiger partial charge < -0.3 is 4.90 Å². The molecule has 2 nitrogen and oxygen atoms in total. The SMILES string of the molecule is O=C(c1cccc(C(F)(F)F)c1)N1CCC(Br)C1. The molecule has 0 aliphatic carbocycles. The molecule has 1 aliphatic heterocycles. The molecule has 0 spiro atoms. The van der Waals surface area contributed by atoms with Gasteiger partial charge in [-0.1, -0.05) is 22.0 Å². The molecule has 1 unspecified atom stereocenters. The van der Waals surface area contributed by atoms with Gasteiger partial charge in [0, 0.05) is 23.5 Å². The first kappa shape index (κ1) is 13.4. The maximum atomic E-state index is 12.5. The molecule has 1 heterocycles. The van der Waals surface area contributed by atoms with Gasteiger partial charge in [0.25, 0.3) is 5.91 Å². The molecule has 1 amide bonds. The normalized spacial score (nSPS) is 20.2. The van der Waals surface area contributed by atoms with E-state index in [1.165, 1.54) is 12.1 Å². The predicted molar refractivity (Wildman–Crippen MR) is 64.7 cm³/mol. The molecular formula is C12H11BrF3NO. The number of benzene rings is 1. The lowest BCUT2D eigenvalue weighted by molar-refractivity contribution is -0.137. The van der Waals surface area contributed by atoms with Gasteiger partial charge in [-0.25, -0.2) is 0 Å². The second-order valence-corrected chi connectivity index (χ2v) is 5.51. The Labute approximate surface area is 111 Å². The summed E-state index contributed by atoms with van der Waals surface area (Å²) in [5.74, 6) is -0.344. The number of halogens is 4. The van der Waals surface area contributed by atoms with Crippen molar-refractivity contribution < 1.29 is 18.0 Å². The number of carbonyl (C=O) groups is 1. The lowest BCUT2D eigenvalue weighted by Crippen LogP contribution is -2.29. The third-order valence-corrected chi connectivity index (χ3v) is 3.60. The molecular weight excluding hydrogens is 311 g/mol. The lowest BCUT2D eigenvalue weighted by Gasteiger charge is -2.16. The Balaban J connectivity index is 2.21. The molecule has 0 saturated carbocycles. The van der Waals surface area contributed by atoms with Crippen LogP contribution >= 0.6 is 15.9 Å². The smallest absolute Gasteiger partial charge is 0.337 e. The maximum Gasteiger partial charge on any atom is 0.416 e. The Morgan fingerprint density at radius 2 is 2.11 bits per heavy atom. The molecule has 0 aromatic heterocycles. The van der Waals surface area contributed by atoms with Crippen LogP contribution in [-0.2, 0) is 6.18 Å². The highest BCUT2D eigenvalue weighted by molar-refractivity contribution is 9.09. The second-order valence-electron chi connectivity index (χ2n) is 4.22. The van der Waals surface area contributed by atoms with Crippen molar-refractivity contribution in [3.8, 4) is 0 Å². The Morgan fingerprint density at radius 3 is 2.67 bits per heavy atom. The zero-order valence-corrected chi connectivity index (χ0v) is 11.0. The van der Waals surface area contributed by atoms with Crippen molar-refractivity contribution in [2.75, 3.05) is 13.1 Å². The fourth-order valence-corrected chi connectivity index (χ4v) is 2.47. The van der Waals surface area contributed by atoms with Crippen LogP contribution in [0, 0.1) is 0 Å². The second kappa shape index (κ2) is 4.91. The molecule has 18 heavy (non-hydrogen) atoms. The van der Waals surface area contributed by atoms with Crippen molar-refractivity contribution in [2.24, 2.45) is 0 Å². The van der Waals surface area contributed by atoms with Gasteiger partial charge in [0.05, 0.1) is 5.56 Å². The van der Waals surface area contributed by atoms with E-state index in [1.54, 1.807) is 4.90 Å². The summed E-state index contributed by atoms with van der Waals surface area (Å²) >= 11 is 3.39. The molecule has 1 aromatic carbocycles. The molecule has 98 valence electrons. The molecule has 1 saturated heterocycles. The average molecular weight is 322 g/mol. The highest BCUT2D eigenvalue weighted by atomic mass is 79.9. The van der Waals surface area contributed by atoms with Gasteiger partial charge in [-0.15, -0.1) is 0 Å². The third kappa shape index (κ3) is 2.85. The standard InChI is InChI=1S/C12H11BrF3NO/c13-10-4-5-17(7-10)11(18)8-2-1-3-9(6-8)12(14,15)16/h1-3,6,10H,4-5,7H2. The molecule has 1 fully saturated rings. The summed E-state index contributed by atoms with van der Waals surface area (Å²) in [4.78, 5) is 13.8. The lowest BCUT2D eigenvalue weighted by atomic mass is 10.1. The number of rotatable bonds is 1. The Morgan fingerprint density at radius 1 is 1.39 bits per heavy atom. The molecule has 1 aliphatic rings. The van der Waals surface area contributed by atoms with Gasteiger partial charge in [-0.2, -0.15) is 13.2 Å². The van der Waals surface area contributed by atoms with Crippen LogP contribution in [0.5, 0.6) is 0 Å². The molecule has 2 rings (SSSR count). The Bertz CT molecular complexity index is 461. The molecule has 0 radical (unpaired) electrons. The monoisotopic (exact) mass is 321 g/mol. The first-order chi connectivity index (χ1) is 8.38. The van der Waals surface area contributed by atoms with E-state index in [0.717, 1.165) is 18.6 Å². The molecule has 0 N–H and O–H groups in total. The zero-order chi connectivity index (χ0) is 13.3. The van der Waals surface area contributed by atoms with E-state index in [0.29, 0.717) is 13.1 Å². The quantitative estimate of drug-likeness (QED) is 0.727. The number of likely N-dealkylation sites (tertiary alicyclic amines) is 1. The molecule has 1 aromatic rings. The van der Waals surface area contributed by atoms with Crippen LogP contribution in [0.2, 0.25) is 0 Å². The summed E-state index contributed by atoms with van der Waals surface area (Å²) in [6, 6.07) is 4.55. The summed E-state index contributed by atoms with van der Waals surface area (Å²) in [5.41, 5.74) is -0.700. The van der Waals surface area contributed by atoms with Gasteiger partial charge in [-0.05, 0) is 24.6 Å². The number of hydrogen-bond donors (Lipinski definition) is 0. The van der Waals surface area contributed by atoms with Crippen LogP contribution in [0.4, 0.5) is 13.2 Å². The first-order valence-electron chi connectivity index (χ1n) is 5.48. The number of carbonyl (C=O) groups excluding carboxylic acids is 1. The number of nitrogens with zero attached hydrogens (tertiary/aromatic N) is 1. The molecule has 6 heteroatoms. The van der Waals surface area contributed by atoms with Crippen molar-refractivity contribution in [3.05, 3.63) is 35.4 Å². The Kier molecular flexibility index (Phi) is 3.66. The summed E-state index contributed by atoms with van der Waals surface area (Å²) in [5, 5.41) is 0.